The number of morpholine rings is 1. The van der Waals surface area contributed by atoms with Crippen molar-refractivity contribution in [2.75, 3.05) is 19.7 Å². The van der Waals surface area contributed by atoms with Crippen molar-refractivity contribution in [3.05, 3.63) is 23.8 Å². The standard InChI is InChI=1S/C16H26N4O/c1-16(2,3)15-17-14(18-19-15)13-11-20(9-10-21-13)12-7-5-4-6-8-12/h5,7,12-13H,4,6,8-11H2,1-3H3,(H,17,18,19)/t12-,13-/m1/s1. The molecule has 2 aliphatic rings. The Hall–Kier alpha value is -1.20. The Morgan fingerprint density at radius 1 is 1.38 bits per heavy atom. The molecule has 5 nitrogen and oxygen atoms in total. The first-order chi connectivity index (χ1) is 10.0. The van der Waals surface area contributed by atoms with Gasteiger partial charge in [-0.05, 0) is 19.3 Å². The first-order valence-corrected chi connectivity index (χ1v) is 7.99. The summed E-state index contributed by atoms with van der Waals surface area (Å²) in [4.78, 5) is 7.17. The van der Waals surface area contributed by atoms with Gasteiger partial charge >= 0.3 is 0 Å². The molecule has 5 heteroatoms. The Morgan fingerprint density at radius 3 is 2.90 bits per heavy atom. The fourth-order valence-electron chi connectivity index (χ4n) is 2.99. The monoisotopic (exact) mass is 290 g/mol. The van der Waals surface area contributed by atoms with Crippen LogP contribution in [0, 0.1) is 0 Å². The molecule has 0 bridgehead atoms. The number of aromatic nitrogens is 3. The highest BCUT2D eigenvalue weighted by Gasteiger charge is 2.30. The van der Waals surface area contributed by atoms with Crippen LogP contribution in [0.3, 0.4) is 0 Å². The summed E-state index contributed by atoms with van der Waals surface area (Å²) in [7, 11) is 0. The number of hydrogen-bond acceptors (Lipinski definition) is 4. The van der Waals surface area contributed by atoms with Crippen LogP contribution < -0.4 is 0 Å². The fourth-order valence-corrected chi connectivity index (χ4v) is 2.99. The molecule has 1 aliphatic carbocycles. The zero-order valence-electron chi connectivity index (χ0n) is 13.3. The first-order valence-electron chi connectivity index (χ1n) is 7.99. The van der Waals surface area contributed by atoms with Gasteiger partial charge in [0, 0.05) is 24.5 Å². The SMILES string of the molecule is CC(C)(C)c1n[nH]c([C@H]2CN([C@@H]3C=CCCC3)CCO2)n1. The lowest BCUT2D eigenvalue weighted by atomic mass is 9.96. The highest BCUT2D eigenvalue weighted by molar-refractivity contribution is 5.06. The van der Waals surface area contributed by atoms with Crippen LogP contribution in [-0.4, -0.2) is 45.8 Å². The molecule has 0 amide bonds. The summed E-state index contributed by atoms with van der Waals surface area (Å²) in [5, 5.41) is 7.43. The summed E-state index contributed by atoms with van der Waals surface area (Å²) in [6.07, 6.45) is 8.45. The smallest absolute Gasteiger partial charge is 0.156 e. The minimum Gasteiger partial charge on any atom is -0.368 e. The van der Waals surface area contributed by atoms with Gasteiger partial charge in [-0.25, -0.2) is 4.98 Å². The number of aromatic amines is 1. The summed E-state index contributed by atoms with van der Waals surface area (Å²) in [5.74, 6) is 1.72. The van der Waals surface area contributed by atoms with E-state index in [9.17, 15) is 0 Å². The van der Waals surface area contributed by atoms with E-state index in [0.717, 1.165) is 31.3 Å². The average Bonchev–Trinajstić information content (AvgIpc) is 2.98. The van der Waals surface area contributed by atoms with Gasteiger partial charge in [0.25, 0.3) is 0 Å². The molecule has 3 rings (SSSR count). The van der Waals surface area contributed by atoms with E-state index in [4.69, 9.17) is 4.74 Å². The van der Waals surface area contributed by atoms with Crippen LogP contribution in [0.1, 0.15) is 57.8 Å². The number of H-pyrrole nitrogens is 1. The van der Waals surface area contributed by atoms with Gasteiger partial charge < -0.3 is 4.74 Å². The Balaban J connectivity index is 1.69. The normalized spacial score (nSPS) is 28.0. The highest BCUT2D eigenvalue weighted by Crippen LogP contribution is 2.26. The molecule has 2 heterocycles. The van der Waals surface area contributed by atoms with Crippen molar-refractivity contribution in [2.24, 2.45) is 0 Å². The van der Waals surface area contributed by atoms with E-state index >= 15 is 0 Å². The summed E-state index contributed by atoms with van der Waals surface area (Å²) in [5.41, 5.74) is -0.0325. The van der Waals surface area contributed by atoms with Crippen LogP contribution >= 0.6 is 0 Å². The van der Waals surface area contributed by atoms with Crippen LogP contribution in [0.15, 0.2) is 12.2 Å². The molecule has 0 spiro atoms. The lowest BCUT2D eigenvalue weighted by molar-refractivity contribution is -0.0442. The average molecular weight is 290 g/mol. The molecule has 1 aliphatic heterocycles. The molecule has 2 atom stereocenters. The second-order valence-corrected chi connectivity index (χ2v) is 7.08. The van der Waals surface area contributed by atoms with Gasteiger partial charge in [-0.3, -0.25) is 10.00 Å². The lowest BCUT2D eigenvalue weighted by Crippen LogP contribution is -2.44. The second kappa shape index (κ2) is 5.89. The zero-order chi connectivity index (χ0) is 14.9. The van der Waals surface area contributed by atoms with Crippen molar-refractivity contribution in [3.63, 3.8) is 0 Å². The van der Waals surface area contributed by atoms with E-state index < -0.39 is 0 Å². The number of nitrogens with one attached hydrogen (secondary N) is 1. The number of hydrogen-bond donors (Lipinski definition) is 1. The van der Waals surface area contributed by atoms with E-state index in [-0.39, 0.29) is 11.5 Å². The van der Waals surface area contributed by atoms with Crippen molar-refractivity contribution < 1.29 is 4.74 Å². The third kappa shape index (κ3) is 3.35. The third-order valence-corrected chi connectivity index (χ3v) is 4.27. The van der Waals surface area contributed by atoms with Gasteiger partial charge in [0.15, 0.2) is 11.6 Å². The quantitative estimate of drug-likeness (QED) is 0.851. The van der Waals surface area contributed by atoms with Gasteiger partial charge in [-0.1, -0.05) is 32.9 Å². The number of ether oxygens (including phenoxy) is 1. The van der Waals surface area contributed by atoms with E-state index in [2.05, 4.69) is 53.0 Å². The zero-order valence-corrected chi connectivity index (χ0v) is 13.3. The van der Waals surface area contributed by atoms with Crippen molar-refractivity contribution in [2.45, 2.75) is 57.6 Å². The van der Waals surface area contributed by atoms with E-state index in [0.29, 0.717) is 6.04 Å². The summed E-state index contributed by atoms with van der Waals surface area (Å²) < 4.78 is 5.91. The molecule has 0 radical (unpaired) electrons. The van der Waals surface area contributed by atoms with Crippen LogP contribution in [-0.2, 0) is 10.2 Å². The minimum atomic E-state index is -0.0325. The summed E-state index contributed by atoms with van der Waals surface area (Å²) >= 11 is 0. The van der Waals surface area contributed by atoms with Crippen LogP contribution in [0.2, 0.25) is 0 Å². The maximum atomic E-state index is 5.91. The predicted molar refractivity (Wildman–Crippen MR) is 82.1 cm³/mol. The summed E-state index contributed by atoms with van der Waals surface area (Å²) in [6.45, 7) is 9.04. The predicted octanol–water partition coefficient (Wildman–Crippen LogP) is 2.58. The molecule has 0 unspecified atom stereocenters. The molecular weight excluding hydrogens is 264 g/mol. The molecule has 1 saturated heterocycles. The van der Waals surface area contributed by atoms with E-state index in [1.807, 2.05) is 0 Å². The Labute approximate surface area is 126 Å². The maximum absolute atomic E-state index is 5.91. The summed E-state index contributed by atoms with van der Waals surface area (Å²) in [6, 6.07) is 0.565. The van der Waals surface area contributed by atoms with Gasteiger partial charge in [-0.15, -0.1) is 0 Å². The largest absolute Gasteiger partial charge is 0.368 e. The molecule has 1 fully saturated rings. The lowest BCUT2D eigenvalue weighted by Gasteiger charge is -2.37. The topological polar surface area (TPSA) is 54.0 Å². The van der Waals surface area contributed by atoms with E-state index in [1.165, 1.54) is 19.3 Å². The first kappa shape index (κ1) is 14.7. The fraction of sp³-hybridized carbons (Fsp3) is 0.750. The van der Waals surface area contributed by atoms with Crippen LogP contribution in [0.4, 0.5) is 0 Å². The second-order valence-electron chi connectivity index (χ2n) is 7.08. The van der Waals surface area contributed by atoms with Crippen molar-refractivity contribution >= 4 is 0 Å². The molecule has 1 aromatic heterocycles. The van der Waals surface area contributed by atoms with E-state index in [1.54, 1.807) is 0 Å². The maximum Gasteiger partial charge on any atom is 0.156 e. The van der Waals surface area contributed by atoms with Crippen molar-refractivity contribution in [3.8, 4) is 0 Å². The molecule has 1 aromatic rings. The Kier molecular flexibility index (Phi) is 4.13. The van der Waals surface area contributed by atoms with Crippen molar-refractivity contribution in [1.82, 2.24) is 20.1 Å². The van der Waals surface area contributed by atoms with Gasteiger partial charge in [-0.2, -0.15) is 5.10 Å². The van der Waals surface area contributed by atoms with Crippen molar-refractivity contribution in [1.29, 1.82) is 0 Å². The van der Waals surface area contributed by atoms with Gasteiger partial charge in [0.05, 0.1) is 6.61 Å². The minimum absolute atomic E-state index is 0.0117. The molecule has 0 saturated carbocycles. The number of nitrogens with zero attached hydrogens (tertiary/aromatic N) is 3. The number of rotatable bonds is 2. The highest BCUT2D eigenvalue weighted by atomic mass is 16.5. The molecule has 116 valence electrons. The van der Waals surface area contributed by atoms with Crippen LogP contribution in [0.25, 0.3) is 0 Å². The Bertz CT molecular complexity index is 503. The van der Waals surface area contributed by atoms with Gasteiger partial charge in [0.2, 0.25) is 0 Å². The molecule has 1 N–H and O–H groups in total. The third-order valence-electron chi connectivity index (χ3n) is 4.27. The molecule has 21 heavy (non-hydrogen) atoms. The number of allylic oxidation sites excluding steroid dienone is 1. The van der Waals surface area contributed by atoms with Crippen LogP contribution in [0.5, 0.6) is 0 Å². The van der Waals surface area contributed by atoms with Gasteiger partial charge in [0.1, 0.15) is 6.10 Å². The molecular formula is C16H26N4O. The molecule has 0 aromatic carbocycles. The Morgan fingerprint density at radius 2 is 2.24 bits per heavy atom.